The van der Waals surface area contributed by atoms with Crippen LogP contribution in [0, 0.1) is 0 Å². The molecule has 6 heteroatoms. The highest BCUT2D eigenvalue weighted by molar-refractivity contribution is 5.91. The number of rotatable bonds is 4. The number of aromatic amines is 1. The third-order valence-electron chi connectivity index (χ3n) is 3.78. The average molecular weight is 336 g/mol. The second-order valence-corrected chi connectivity index (χ2v) is 5.39. The van der Waals surface area contributed by atoms with E-state index in [0.29, 0.717) is 21.8 Å². The number of carboxylic acid groups (broad SMARTS) is 1. The van der Waals surface area contributed by atoms with Gasteiger partial charge in [0.1, 0.15) is 11.3 Å². The third kappa shape index (κ3) is 3.10. The van der Waals surface area contributed by atoms with E-state index >= 15 is 0 Å². The van der Waals surface area contributed by atoms with Crippen molar-refractivity contribution in [1.29, 1.82) is 0 Å². The summed E-state index contributed by atoms with van der Waals surface area (Å²) >= 11 is 0. The summed E-state index contributed by atoms with van der Waals surface area (Å²) in [5.41, 5.74) is 1.03. The molecule has 0 unspecified atom stereocenters. The van der Waals surface area contributed by atoms with Crippen molar-refractivity contribution in [3.63, 3.8) is 0 Å². The molecule has 1 aromatic heterocycles. The van der Waals surface area contributed by atoms with Crippen LogP contribution in [0.2, 0.25) is 0 Å². The van der Waals surface area contributed by atoms with Gasteiger partial charge in [0.05, 0.1) is 23.4 Å². The molecule has 0 aliphatic carbocycles. The molecule has 3 aromatic rings. The summed E-state index contributed by atoms with van der Waals surface area (Å²) in [4.78, 5) is 24.0. The molecule has 2 N–H and O–H groups in total. The minimum absolute atomic E-state index is 0.0285. The van der Waals surface area contributed by atoms with E-state index in [9.17, 15) is 14.7 Å². The van der Waals surface area contributed by atoms with Gasteiger partial charge in [0.25, 0.3) is 5.56 Å². The van der Waals surface area contributed by atoms with E-state index in [0.717, 1.165) is 0 Å². The van der Waals surface area contributed by atoms with Crippen LogP contribution in [0.25, 0.3) is 18.3 Å². The largest absolute Gasteiger partial charge is 0.496 e. The van der Waals surface area contributed by atoms with Crippen molar-refractivity contribution in [2.75, 3.05) is 7.11 Å². The van der Waals surface area contributed by atoms with Crippen molar-refractivity contribution >= 4 is 18.6 Å². The first-order valence-corrected chi connectivity index (χ1v) is 7.49. The second-order valence-electron chi connectivity index (χ2n) is 5.39. The maximum atomic E-state index is 12.7. The van der Waals surface area contributed by atoms with E-state index in [-0.39, 0.29) is 16.9 Å². The predicted molar refractivity (Wildman–Crippen MR) is 94.7 cm³/mol. The highest BCUT2D eigenvalue weighted by Gasteiger charge is 2.11. The quantitative estimate of drug-likeness (QED) is 0.747. The number of nitrogens with one attached hydrogen (secondary N) is 1. The summed E-state index contributed by atoms with van der Waals surface area (Å²) in [6.07, 6.45) is 1.60. The average Bonchev–Trinajstić information content (AvgIpc) is 2.90. The molecule has 126 valence electrons. The van der Waals surface area contributed by atoms with Gasteiger partial charge in [0, 0.05) is 0 Å². The van der Waals surface area contributed by atoms with E-state index in [4.69, 9.17) is 4.74 Å². The Labute approximate surface area is 142 Å². The minimum atomic E-state index is -1.10. The van der Waals surface area contributed by atoms with Gasteiger partial charge in [0.2, 0.25) is 0 Å². The topological polar surface area (TPSA) is 84.3 Å². The van der Waals surface area contributed by atoms with Gasteiger partial charge in [0.15, 0.2) is 0 Å². The fourth-order valence-electron chi connectivity index (χ4n) is 2.55. The normalized spacial score (nSPS) is 11.5. The zero-order chi connectivity index (χ0) is 18.0. The number of benzene rings is 2. The number of aromatic carboxylic acids is 1. The van der Waals surface area contributed by atoms with Crippen molar-refractivity contribution < 1.29 is 14.6 Å². The summed E-state index contributed by atoms with van der Waals surface area (Å²) < 4.78 is 6.44. The smallest absolute Gasteiger partial charge is 0.339 e. The van der Waals surface area contributed by atoms with Gasteiger partial charge in [-0.25, -0.2) is 9.48 Å². The van der Waals surface area contributed by atoms with Gasteiger partial charge in [-0.2, -0.15) is 0 Å². The molecule has 0 aliphatic heterocycles. The lowest BCUT2D eigenvalue weighted by atomic mass is 10.1. The lowest BCUT2D eigenvalue weighted by molar-refractivity contribution is 0.0693. The van der Waals surface area contributed by atoms with E-state index in [2.05, 4.69) is 11.7 Å². The number of aromatic nitrogens is 2. The summed E-state index contributed by atoms with van der Waals surface area (Å²) in [5.74, 6) is -0.840. The van der Waals surface area contributed by atoms with E-state index in [1.165, 1.54) is 17.9 Å². The molecular weight excluding hydrogens is 320 g/mol. The number of nitrogens with zero attached hydrogens (tertiary/aromatic N) is 1. The van der Waals surface area contributed by atoms with E-state index in [1.807, 2.05) is 18.2 Å². The molecule has 0 saturated heterocycles. The number of carboxylic acids is 1. The zero-order valence-electron chi connectivity index (χ0n) is 13.5. The number of para-hydroxylation sites is 1. The Morgan fingerprint density at radius 3 is 2.60 bits per heavy atom. The molecule has 0 saturated carbocycles. The second kappa shape index (κ2) is 6.52. The molecule has 6 nitrogen and oxygen atoms in total. The Bertz CT molecular complexity index is 1090. The van der Waals surface area contributed by atoms with Crippen LogP contribution in [-0.4, -0.2) is 28.0 Å². The number of carbonyl (C=O) groups is 1. The highest BCUT2D eigenvalue weighted by Crippen LogP contribution is 2.20. The summed E-state index contributed by atoms with van der Waals surface area (Å²) in [6.45, 7) is 3.87. The molecule has 0 fully saturated rings. The van der Waals surface area contributed by atoms with Crippen LogP contribution in [0.15, 0.2) is 53.3 Å². The molecule has 3 rings (SSSR count). The van der Waals surface area contributed by atoms with Gasteiger partial charge in [-0.3, -0.25) is 9.89 Å². The van der Waals surface area contributed by atoms with Crippen molar-refractivity contribution in [3.05, 3.63) is 80.6 Å². The molecule has 25 heavy (non-hydrogen) atoms. The summed E-state index contributed by atoms with van der Waals surface area (Å²) in [7, 11) is 1.41. The Balaban J connectivity index is 2.17. The third-order valence-corrected chi connectivity index (χ3v) is 3.78. The first-order valence-electron chi connectivity index (χ1n) is 7.49. The van der Waals surface area contributed by atoms with Crippen molar-refractivity contribution in [1.82, 2.24) is 9.78 Å². The fourth-order valence-corrected chi connectivity index (χ4v) is 2.55. The Morgan fingerprint density at radius 1 is 1.24 bits per heavy atom. The van der Waals surface area contributed by atoms with Gasteiger partial charge >= 0.3 is 5.97 Å². The Morgan fingerprint density at radius 2 is 1.96 bits per heavy atom. The van der Waals surface area contributed by atoms with E-state index < -0.39 is 5.97 Å². The number of hydrogen-bond acceptors (Lipinski definition) is 3. The molecule has 1 heterocycles. The maximum Gasteiger partial charge on any atom is 0.339 e. The Hall–Kier alpha value is -3.54. The molecule has 0 aliphatic rings. The number of methoxy groups -OCH3 is 1. The molecule has 0 atom stereocenters. The van der Waals surface area contributed by atoms with Crippen molar-refractivity contribution in [3.8, 4) is 11.4 Å². The monoisotopic (exact) mass is 336 g/mol. The van der Waals surface area contributed by atoms with E-state index in [1.54, 1.807) is 30.3 Å². The molecule has 0 radical (unpaired) electrons. The summed E-state index contributed by atoms with van der Waals surface area (Å²) in [5, 5.41) is 13.0. The van der Waals surface area contributed by atoms with Gasteiger partial charge in [-0.1, -0.05) is 30.8 Å². The molecule has 2 aromatic carbocycles. The van der Waals surface area contributed by atoms with Crippen molar-refractivity contribution in [2.24, 2.45) is 0 Å². The Kier molecular flexibility index (Phi) is 4.26. The summed E-state index contributed by atoms with van der Waals surface area (Å²) in [6, 6.07) is 13.8. The lowest BCUT2D eigenvalue weighted by Gasteiger charge is -2.05. The maximum absolute atomic E-state index is 12.7. The first-order chi connectivity index (χ1) is 12.0. The highest BCUT2D eigenvalue weighted by atomic mass is 16.5. The van der Waals surface area contributed by atoms with Crippen LogP contribution in [0.1, 0.15) is 15.9 Å². The number of hydrogen-bond donors (Lipinski definition) is 2. The van der Waals surface area contributed by atoms with Crippen LogP contribution in [0.5, 0.6) is 5.75 Å². The van der Waals surface area contributed by atoms with Gasteiger partial charge in [-0.15, -0.1) is 0 Å². The molecule has 0 spiro atoms. The molecular formula is C19H16N2O4. The van der Waals surface area contributed by atoms with Crippen LogP contribution >= 0.6 is 0 Å². The van der Waals surface area contributed by atoms with Crippen molar-refractivity contribution in [2.45, 2.75) is 0 Å². The fraction of sp³-hybridized carbons (Fsp3) is 0.0526. The lowest BCUT2D eigenvalue weighted by Crippen LogP contribution is -2.33. The first kappa shape index (κ1) is 16.3. The standard InChI is InChI=1S/C19H16N2O4/c1-12-15(18(22)21(20-12)14-6-4-3-5-7-14)10-13-8-9-17(25-2)16(11-13)19(23)24/h3-11,20H,1H2,2H3,(H,23,24)/b15-10+. The van der Waals surface area contributed by atoms with Crippen LogP contribution in [-0.2, 0) is 0 Å². The predicted octanol–water partition coefficient (Wildman–Crippen LogP) is 1.11. The molecule has 0 bridgehead atoms. The van der Waals surface area contributed by atoms with Crippen LogP contribution < -0.4 is 20.9 Å². The van der Waals surface area contributed by atoms with Crippen LogP contribution in [0.3, 0.4) is 0 Å². The number of ether oxygens (including phenoxy) is 1. The van der Waals surface area contributed by atoms with Gasteiger partial charge < -0.3 is 9.84 Å². The number of H-pyrrole nitrogens is 1. The van der Waals surface area contributed by atoms with Crippen LogP contribution in [0.4, 0.5) is 0 Å². The minimum Gasteiger partial charge on any atom is -0.496 e. The molecule has 0 amide bonds. The SMILES string of the molecule is C=c1[nH]n(-c2ccccc2)c(=O)/c1=C/c1ccc(OC)c(C(=O)O)c1. The zero-order valence-corrected chi connectivity index (χ0v) is 13.5. The van der Waals surface area contributed by atoms with Gasteiger partial charge in [-0.05, 0) is 35.9 Å².